The van der Waals surface area contributed by atoms with Crippen LogP contribution in [0.1, 0.15) is 25.5 Å². The number of likely N-dealkylation sites (tertiary alicyclic amines) is 1. The van der Waals surface area contributed by atoms with Crippen LogP contribution < -0.4 is 5.32 Å². The van der Waals surface area contributed by atoms with Gasteiger partial charge in [0.2, 0.25) is 0 Å². The Balaban J connectivity index is 1.75. The van der Waals surface area contributed by atoms with Gasteiger partial charge in [0.1, 0.15) is 0 Å². The van der Waals surface area contributed by atoms with Crippen LogP contribution in [0.15, 0.2) is 18.6 Å². The van der Waals surface area contributed by atoms with Crippen LogP contribution >= 0.6 is 0 Å². The summed E-state index contributed by atoms with van der Waals surface area (Å²) < 4.78 is 0. The number of aromatic nitrogens is 2. The minimum absolute atomic E-state index is 0.439. The summed E-state index contributed by atoms with van der Waals surface area (Å²) >= 11 is 0. The lowest BCUT2D eigenvalue weighted by Crippen LogP contribution is -2.41. The van der Waals surface area contributed by atoms with Crippen molar-refractivity contribution in [3.63, 3.8) is 0 Å². The van der Waals surface area contributed by atoms with Crippen LogP contribution in [0.4, 0.5) is 0 Å². The van der Waals surface area contributed by atoms with E-state index in [2.05, 4.69) is 34.2 Å². The molecule has 0 aromatic carbocycles. The van der Waals surface area contributed by atoms with Gasteiger partial charge in [-0.1, -0.05) is 6.92 Å². The molecule has 1 aromatic heterocycles. The lowest BCUT2D eigenvalue weighted by Gasteiger charge is -2.38. The second-order valence-electron chi connectivity index (χ2n) is 5.41. The second kappa shape index (κ2) is 5.56. The van der Waals surface area contributed by atoms with Crippen LogP contribution in [0.5, 0.6) is 0 Å². The van der Waals surface area contributed by atoms with E-state index in [0.29, 0.717) is 5.41 Å². The third kappa shape index (κ3) is 3.75. The Morgan fingerprint density at radius 2 is 2.12 bits per heavy atom. The van der Waals surface area contributed by atoms with Crippen molar-refractivity contribution < 1.29 is 0 Å². The molecule has 0 amide bonds. The van der Waals surface area contributed by atoms with E-state index in [1.54, 1.807) is 12.4 Å². The van der Waals surface area contributed by atoms with Crippen LogP contribution in [0, 0.1) is 5.41 Å². The number of piperidine rings is 1. The van der Waals surface area contributed by atoms with Gasteiger partial charge in [-0.25, -0.2) is 0 Å². The molecule has 4 nitrogen and oxygen atoms in total. The van der Waals surface area contributed by atoms with Gasteiger partial charge in [0.05, 0.1) is 5.69 Å². The highest BCUT2D eigenvalue weighted by atomic mass is 15.1. The Bertz CT molecular complexity index is 331. The van der Waals surface area contributed by atoms with E-state index >= 15 is 0 Å². The topological polar surface area (TPSA) is 41.0 Å². The van der Waals surface area contributed by atoms with Crippen LogP contribution in [0.25, 0.3) is 0 Å². The van der Waals surface area contributed by atoms with Gasteiger partial charge in [0, 0.05) is 31.7 Å². The summed E-state index contributed by atoms with van der Waals surface area (Å²) in [6.45, 7) is 6.69. The van der Waals surface area contributed by atoms with Crippen molar-refractivity contribution in [3.05, 3.63) is 24.3 Å². The van der Waals surface area contributed by atoms with E-state index in [9.17, 15) is 0 Å². The molecule has 1 aromatic rings. The molecule has 1 aliphatic rings. The van der Waals surface area contributed by atoms with Crippen LogP contribution in [0.2, 0.25) is 0 Å². The molecule has 0 radical (unpaired) electrons. The molecule has 0 aliphatic carbocycles. The lowest BCUT2D eigenvalue weighted by atomic mass is 9.80. The SMILES string of the molecule is CN1CCC(C)(CNCc2cnccn2)CC1. The first kappa shape index (κ1) is 12.5. The smallest absolute Gasteiger partial charge is 0.0724 e. The standard InChI is InChI=1S/C13H22N4/c1-13(3-7-17(2)8-4-13)11-15-10-12-9-14-5-6-16-12/h5-6,9,15H,3-4,7-8,10-11H2,1-2H3. The maximum absolute atomic E-state index is 4.26. The van der Waals surface area contributed by atoms with Gasteiger partial charge in [-0.3, -0.25) is 9.97 Å². The van der Waals surface area contributed by atoms with Crippen molar-refractivity contribution in [1.82, 2.24) is 20.2 Å². The zero-order valence-electron chi connectivity index (χ0n) is 10.8. The quantitative estimate of drug-likeness (QED) is 0.852. The Morgan fingerprint density at radius 3 is 2.76 bits per heavy atom. The van der Waals surface area contributed by atoms with Crippen molar-refractivity contribution in [2.24, 2.45) is 5.41 Å². The molecule has 1 N–H and O–H groups in total. The molecule has 94 valence electrons. The average molecular weight is 234 g/mol. The molecular weight excluding hydrogens is 212 g/mol. The molecule has 0 unspecified atom stereocenters. The molecule has 1 saturated heterocycles. The number of hydrogen-bond donors (Lipinski definition) is 1. The van der Waals surface area contributed by atoms with E-state index in [4.69, 9.17) is 0 Å². The first-order chi connectivity index (χ1) is 8.18. The molecule has 0 saturated carbocycles. The minimum Gasteiger partial charge on any atom is -0.311 e. The van der Waals surface area contributed by atoms with E-state index in [1.807, 2.05) is 6.20 Å². The van der Waals surface area contributed by atoms with Crippen molar-refractivity contribution >= 4 is 0 Å². The molecule has 1 fully saturated rings. The molecular formula is C13H22N4. The van der Waals surface area contributed by atoms with Gasteiger partial charge in [0.25, 0.3) is 0 Å². The van der Waals surface area contributed by atoms with Crippen LogP contribution in [-0.2, 0) is 6.54 Å². The Kier molecular flexibility index (Phi) is 4.07. The van der Waals surface area contributed by atoms with E-state index < -0.39 is 0 Å². The Hall–Kier alpha value is -1.00. The highest BCUT2D eigenvalue weighted by Gasteiger charge is 2.28. The highest BCUT2D eigenvalue weighted by Crippen LogP contribution is 2.29. The van der Waals surface area contributed by atoms with E-state index in [-0.39, 0.29) is 0 Å². The summed E-state index contributed by atoms with van der Waals surface area (Å²) in [5.74, 6) is 0. The van der Waals surface area contributed by atoms with Crippen molar-refractivity contribution in [2.75, 3.05) is 26.7 Å². The molecule has 2 heterocycles. The molecule has 0 atom stereocenters. The summed E-state index contributed by atoms with van der Waals surface area (Å²) in [6.07, 6.45) is 7.83. The minimum atomic E-state index is 0.439. The average Bonchev–Trinajstić information content (AvgIpc) is 2.35. The lowest BCUT2D eigenvalue weighted by molar-refractivity contribution is 0.136. The number of nitrogens with one attached hydrogen (secondary N) is 1. The fourth-order valence-electron chi connectivity index (χ4n) is 2.25. The third-order valence-electron chi connectivity index (χ3n) is 3.67. The Morgan fingerprint density at radius 1 is 1.35 bits per heavy atom. The van der Waals surface area contributed by atoms with E-state index in [0.717, 1.165) is 18.8 Å². The van der Waals surface area contributed by atoms with Crippen molar-refractivity contribution in [3.8, 4) is 0 Å². The molecule has 4 heteroatoms. The predicted molar refractivity (Wildman–Crippen MR) is 68.6 cm³/mol. The first-order valence-electron chi connectivity index (χ1n) is 6.32. The van der Waals surface area contributed by atoms with Gasteiger partial charge in [-0.15, -0.1) is 0 Å². The summed E-state index contributed by atoms with van der Waals surface area (Å²) in [6, 6.07) is 0. The van der Waals surface area contributed by atoms with E-state index in [1.165, 1.54) is 25.9 Å². The summed E-state index contributed by atoms with van der Waals surface area (Å²) in [4.78, 5) is 10.7. The zero-order valence-corrected chi connectivity index (χ0v) is 10.8. The molecule has 0 bridgehead atoms. The maximum atomic E-state index is 4.26. The van der Waals surface area contributed by atoms with Crippen LogP contribution in [0.3, 0.4) is 0 Å². The van der Waals surface area contributed by atoms with Crippen molar-refractivity contribution in [2.45, 2.75) is 26.3 Å². The largest absolute Gasteiger partial charge is 0.311 e. The molecule has 17 heavy (non-hydrogen) atoms. The number of rotatable bonds is 4. The fourth-order valence-corrected chi connectivity index (χ4v) is 2.25. The predicted octanol–water partition coefficient (Wildman–Crippen LogP) is 1.30. The summed E-state index contributed by atoms with van der Waals surface area (Å²) in [7, 11) is 2.20. The zero-order chi connectivity index (χ0) is 12.1. The molecule has 2 rings (SSSR count). The number of nitrogens with zero attached hydrogens (tertiary/aromatic N) is 3. The van der Waals surface area contributed by atoms with Gasteiger partial charge in [0.15, 0.2) is 0 Å². The monoisotopic (exact) mass is 234 g/mol. The van der Waals surface area contributed by atoms with Gasteiger partial charge >= 0.3 is 0 Å². The normalized spacial score (nSPS) is 20.4. The molecule has 0 spiro atoms. The fraction of sp³-hybridized carbons (Fsp3) is 0.692. The second-order valence-corrected chi connectivity index (χ2v) is 5.41. The Labute approximate surface area is 103 Å². The third-order valence-corrected chi connectivity index (χ3v) is 3.67. The highest BCUT2D eigenvalue weighted by molar-refractivity contribution is 4.94. The summed E-state index contributed by atoms with van der Waals surface area (Å²) in [5.41, 5.74) is 1.46. The summed E-state index contributed by atoms with van der Waals surface area (Å²) in [5, 5.41) is 3.51. The van der Waals surface area contributed by atoms with Gasteiger partial charge in [-0.05, 0) is 38.4 Å². The van der Waals surface area contributed by atoms with Gasteiger partial charge in [-0.2, -0.15) is 0 Å². The maximum Gasteiger partial charge on any atom is 0.0724 e. The first-order valence-corrected chi connectivity index (χ1v) is 6.32. The van der Waals surface area contributed by atoms with Crippen LogP contribution in [-0.4, -0.2) is 41.5 Å². The van der Waals surface area contributed by atoms with Crippen molar-refractivity contribution in [1.29, 1.82) is 0 Å². The molecule has 1 aliphatic heterocycles. The van der Waals surface area contributed by atoms with Gasteiger partial charge < -0.3 is 10.2 Å². The number of hydrogen-bond acceptors (Lipinski definition) is 4.